The normalized spacial score (nSPS) is 11.0. The summed E-state index contributed by atoms with van der Waals surface area (Å²) in [6.07, 6.45) is 2.08. The molecule has 6 nitrogen and oxygen atoms in total. The minimum Gasteiger partial charge on any atom is -0.494 e. The van der Waals surface area contributed by atoms with Crippen LogP contribution >= 0.6 is 0 Å². The summed E-state index contributed by atoms with van der Waals surface area (Å²) in [5.74, 6) is 0.450. The summed E-state index contributed by atoms with van der Waals surface area (Å²) in [5.41, 5.74) is 7.94. The average Bonchev–Trinajstić information content (AvgIpc) is 3.12. The summed E-state index contributed by atoms with van der Waals surface area (Å²) in [5, 5.41) is 8.07. The lowest BCUT2D eigenvalue weighted by molar-refractivity contribution is 0.0994. The third-order valence-corrected chi connectivity index (χ3v) is 4.61. The quantitative estimate of drug-likeness (QED) is 0.598. The number of nitrogens with two attached hydrogens (primary N) is 1. The molecule has 2 aromatic carbocycles. The Morgan fingerprint density at radius 3 is 2.41 bits per heavy atom. The maximum atomic E-state index is 13.1. The first-order valence-corrected chi connectivity index (χ1v) is 9.66. The van der Waals surface area contributed by atoms with E-state index < -0.39 is 5.91 Å². The number of primary amides is 1. The first-order chi connectivity index (χ1) is 13.9. The van der Waals surface area contributed by atoms with Crippen molar-refractivity contribution in [3.05, 3.63) is 71.3 Å². The molecule has 3 rings (SSSR count). The molecule has 1 aromatic heterocycles. The Bertz CT molecular complexity index is 950. The number of hydrogen-bond acceptors (Lipinski definition) is 4. The maximum Gasteiger partial charge on any atom is 0.271 e. The van der Waals surface area contributed by atoms with Crippen LogP contribution in [-0.2, 0) is 12.8 Å². The van der Waals surface area contributed by atoms with Crippen LogP contribution in [0, 0.1) is 11.7 Å². The maximum absolute atomic E-state index is 13.1. The fourth-order valence-electron chi connectivity index (χ4n) is 2.93. The predicted octanol–water partition coefficient (Wildman–Crippen LogP) is 3.72. The van der Waals surface area contributed by atoms with E-state index in [0.29, 0.717) is 31.1 Å². The van der Waals surface area contributed by atoms with Gasteiger partial charge in [0.05, 0.1) is 18.0 Å². The summed E-state index contributed by atoms with van der Waals surface area (Å²) < 4.78 is 20.5. The summed E-state index contributed by atoms with van der Waals surface area (Å²) >= 11 is 0. The molecular formula is C22H25FN4O2. The van der Waals surface area contributed by atoms with Gasteiger partial charge < -0.3 is 10.5 Å². The molecule has 3 aromatic rings. The summed E-state index contributed by atoms with van der Waals surface area (Å²) in [6.45, 7) is 4.97. The Kier molecular flexibility index (Phi) is 6.59. The molecule has 0 aliphatic rings. The Morgan fingerprint density at radius 2 is 1.79 bits per heavy atom. The molecule has 0 atom stereocenters. The molecule has 0 aliphatic heterocycles. The van der Waals surface area contributed by atoms with E-state index in [0.717, 1.165) is 23.4 Å². The SMILES string of the molecule is CC(C)CCOc1ccc(-n2nnc(C(N)=O)c2CCc2ccc(F)cc2)cc1. The van der Waals surface area contributed by atoms with Gasteiger partial charge in [0.25, 0.3) is 5.91 Å². The molecule has 0 radical (unpaired) electrons. The number of carbonyl (C=O) groups is 1. The van der Waals surface area contributed by atoms with E-state index in [9.17, 15) is 9.18 Å². The number of benzene rings is 2. The van der Waals surface area contributed by atoms with Crippen LogP contribution in [0.5, 0.6) is 5.75 Å². The van der Waals surface area contributed by atoms with Crippen LogP contribution in [0.4, 0.5) is 4.39 Å². The second-order valence-corrected chi connectivity index (χ2v) is 7.31. The molecule has 1 amide bonds. The summed E-state index contributed by atoms with van der Waals surface area (Å²) in [7, 11) is 0. The molecule has 0 unspecified atom stereocenters. The van der Waals surface area contributed by atoms with Crippen molar-refractivity contribution in [2.24, 2.45) is 11.7 Å². The number of aromatic nitrogens is 3. The van der Waals surface area contributed by atoms with E-state index in [1.807, 2.05) is 24.3 Å². The van der Waals surface area contributed by atoms with Gasteiger partial charge >= 0.3 is 0 Å². The van der Waals surface area contributed by atoms with Crippen molar-refractivity contribution in [3.63, 3.8) is 0 Å². The molecule has 7 heteroatoms. The highest BCUT2D eigenvalue weighted by Crippen LogP contribution is 2.19. The van der Waals surface area contributed by atoms with E-state index in [1.165, 1.54) is 12.1 Å². The van der Waals surface area contributed by atoms with Crippen LogP contribution in [0.1, 0.15) is 42.0 Å². The van der Waals surface area contributed by atoms with Gasteiger partial charge in [0.1, 0.15) is 11.6 Å². The first-order valence-electron chi connectivity index (χ1n) is 9.66. The minimum absolute atomic E-state index is 0.143. The number of carbonyl (C=O) groups excluding carboxylic acids is 1. The fraction of sp³-hybridized carbons (Fsp3) is 0.318. The molecule has 0 saturated heterocycles. The van der Waals surface area contributed by atoms with E-state index in [4.69, 9.17) is 10.5 Å². The Balaban J connectivity index is 1.78. The first kappa shape index (κ1) is 20.5. The van der Waals surface area contributed by atoms with Crippen molar-refractivity contribution in [3.8, 4) is 11.4 Å². The zero-order valence-corrected chi connectivity index (χ0v) is 16.6. The Morgan fingerprint density at radius 1 is 1.10 bits per heavy atom. The highest BCUT2D eigenvalue weighted by Gasteiger charge is 2.18. The van der Waals surface area contributed by atoms with Crippen LogP contribution in [-0.4, -0.2) is 27.5 Å². The van der Waals surface area contributed by atoms with Crippen LogP contribution in [0.25, 0.3) is 5.69 Å². The van der Waals surface area contributed by atoms with Gasteiger partial charge in [0.15, 0.2) is 5.69 Å². The molecule has 152 valence electrons. The van der Waals surface area contributed by atoms with Gasteiger partial charge in [0, 0.05) is 0 Å². The zero-order valence-electron chi connectivity index (χ0n) is 16.6. The lowest BCUT2D eigenvalue weighted by Crippen LogP contribution is -2.15. The molecule has 0 saturated carbocycles. The smallest absolute Gasteiger partial charge is 0.271 e. The van der Waals surface area contributed by atoms with Crippen molar-refractivity contribution in [2.45, 2.75) is 33.1 Å². The van der Waals surface area contributed by atoms with Gasteiger partial charge in [0.2, 0.25) is 0 Å². The molecule has 0 spiro atoms. The van der Waals surface area contributed by atoms with Crippen molar-refractivity contribution in [1.29, 1.82) is 0 Å². The van der Waals surface area contributed by atoms with Gasteiger partial charge in [-0.1, -0.05) is 31.2 Å². The van der Waals surface area contributed by atoms with Crippen molar-refractivity contribution in [1.82, 2.24) is 15.0 Å². The Hall–Kier alpha value is -3.22. The largest absolute Gasteiger partial charge is 0.494 e. The second kappa shape index (κ2) is 9.32. The van der Waals surface area contributed by atoms with Gasteiger partial charge in [-0.2, -0.15) is 0 Å². The number of ether oxygens (including phenoxy) is 1. The van der Waals surface area contributed by atoms with E-state index in [-0.39, 0.29) is 11.5 Å². The predicted molar refractivity (Wildman–Crippen MR) is 109 cm³/mol. The molecular weight excluding hydrogens is 371 g/mol. The number of nitrogens with zero attached hydrogens (tertiary/aromatic N) is 3. The van der Waals surface area contributed by atoms with Crippen LogP contribution in [0.3, 0.4) is 0 Å². The molecule has 0 bridgehead atoms. The second-order valence-electron chi connectivity index (χ2n) is 7.31. The monoisotopic (exact) mass is 396 g/mol. The number of aryl methyl sites for hydroxylation is 1. The summed E-state index contributed by atoms with van der Waals surface area (Å²) in [4.78, 5) is 11.8. The fourth-order valence-corrected chi connectivity index (χ4v) is 2.93. The van der Waals surface area contributed by atoms with Crippen molar-refractivity contribution < 1.29 is 13.9 Å². The third-order valence-electron chi connectivity index (χ3n) is 4.61. The van der Waals surface area contributed by atoms with Crippen LogP contribution in [0.15, 0.2) is 48.5 Å². The van der Waals surface area contributed by atoms with Crippen molar-refractivity contribution >= 4 is 5.91 Å². The summed E-state index contributed by atoms with van der Waals surface area (Å²) in [6, 6.07) is 13.7. The number of hydrogen-bond donors (Lipinski definition) is 1. The Labute approximate surface area is 169 Å². The zero-order chi connectivity index (χ0) is 20.8. The average molecular weight is 396 g/mol. The number of rotatable bonds is 9. The molecule has 2 N–H and O–H groups in total. The topological polar surface area (TPSA) is 83.0 Å². The lowest BCUT2D eigenvalue weighted by atomic mass is 10.1. The lowest BCUT2D eigenvalue weighted by Gasteiger charge is -2.10. The molecule has 1 heterocycles. The standard InChI is InChI=1S/C22H25FN4O2/c1-15(2)13-14-29-19-10-8-18(9-11-19)27-20(21(22(24)28)25-26-27)12-5-16-3-6-17(23)7-4-16/h3-4,6-11,15H,5,12-14H2,1-2H3,(H2,24,28). The van der Waals surface area contributed by atoms with E-state index >= 15 is 0 Å². The molecule has 0 aliphatic carbocycles. The van der Waals surface area contributed by atoms with E-state index in [2.05, 4.69) is 24.2 Å². The van der Waals surface area contributed by atoms with Crippen molar-refractivity contribution in [2.75, 3.05) is 6.61 Å². The molecule has 0 fully saturated rings. The van der Waals surface area contributed by atoms with Gasteiger partial charge in [-0.15, -0.1) is 5.10 Å². The van der Waals surface area contributed by atoms with Crippen LogP contribution < -0.4 is 10.5 Å². The van der Waals surface area contributed by atoms with Gasteiger partial charge in [-0.05, 0) is 67.1 Å². The number of amides is 1. The third kappa shape index (κ3) is 5.40. The van der Waals surface area contributed by atoms with Gasteiger partial charge in [-0.25, -0.2) is 9.07 Å². The van der Waals surface area contributed by atoms with Gasteiger partial charge in [-0.3, -0.25) is 4.79 Å². The van der Waals surface area contributed by atoms with E-state index in [1.54, 1.807) is 16.8 Å². The highest BCUT2D eigenvalue weighted by molar-refractivity contribution is 5.91. The molecule has 29 heavy (non-hydrogen) atoms. The highest BCUT2D eigenvalue weighted by atomic mass is 19.1. The van der Waals surface area contributed by atoms with Crippen LogP contribution in [0.2, 0.25) is 0 Å². The minimum atomic E-state index is -0.626. The number of halogens is 1.